The molecule has 1 aliphatic heterocycles. The number of piperidine rings is 1. The Morgan fingerprint density at radius 3 is 2.59 bits per heavy atom. The van der Waals surface area contributed by atoms with E-state index in [1.165, 1.54) is 0 Å². The van der Waals surface area contributed by atoms with Crippen molar-refractivity contribution in [2.24, 2.45) is 0 Å². The van der Waals surface area contributed by atoms with E-state index in [0.29, 0.717) is 28.6 Å². The first-order valence-electron chi connectivity index (χ1n) is 8.85. The number of anilines is 1. The average Bonchev–Trinajstić information content (AvgIpc) is 3.24. The molecule has 1 aliphatic rings. The Morgan fingerprint density at radius 1 is 1.30 bits per heavy atom. The molecule has 0 bridgehead atoms. The van der Waals surface area contributed by atoms with Crippen molar-refractivity contribution in [3.8, 4) is 0 Å². The third kappa shape index (κ3) is 4.25. The Kier molecular flexibility index (Phi) is 6.01. The highest BCUT2D eigenvalue weighted by molar-refractivity contribution is 6.44. The van der Waals surface area contributed by atoms with Gasteiger partial charge in [0.1, 0.15) is 11.5 Å². The van der Waals surface area contributed by atoms with Crippen LogP contribution in [0.3, 0.4) is 0 Å². The van der Waals surface area contributed by atoms with Gasteiger partial charge >= 0.3 is 5.97 Å². The van der Waals surface area contributed by atoms with Crippen LogP contribution in [0.5, 0.6) is 0 Å². The van der Waals surface area contributed by atoms with Gasteiger partial charge in [-0.05, 0) is 32.8 Å². The highest BCUT2D eigenvalue weighted by Gasteiger charge is 2.25. The number of nitrogens with zero attached hydrogens (tertiary/aromatic N) is 1. The topological polar surface area (TPSA) is 90.2 Å². The molecule has 0 atom stereocenters. The van der Waals surface area contributed by atoms with Gasteiger partial charge in [-0.2, -0.15) is 0 Å². The molecule has 1 fully saturated rings. The molecule has 146 valence electrons. The summed E-state index contributed by atoms with van der Waals surface area (Å²) in [6, 6.07) is 1.84. The van der Waals surface area contributed by atoms with Crippen LogP contribution in [0, 0.1) is 6.92 Å². The van der Waals surface area contributed by atoms with E-state index in [1.54, 1.807) is 26.1 Å². The molecule has 2 aromatic heterocycles. The van der Waals surface area contributed by atoms with Gasteiger partial charge in [-0.15, -0.1) is 0 Å². The van der Waals surface area contributed by atoms with E-state index in [0.717, 1.165) is 31.7 Å². The maximum atomic E-state index is 12.4. The number of esters is 1. The van der Waals surface area contributed by atoms with Crippen molar-refractivity contribution >= 4 is 40.9 Å². The van der Waals surface area contributed by atoms with Crippen LogP contribution in [0.2, 0.25) is 10.0 Å². The Morgan fingerprint density at radius 2 is 2.00 bits per heavy atom. The third-order valence-electron chi connectivity index (χ3n) is 4.63. The number of carbonyl (C=O) groups is 2. The number of H-pyrrole nitrogens is 2. The van der Waals surface area contributed by atoms with Gasteiger partial charge < -0.3 is 24.9 Å². The molecule has 0 unspecified atom stereocenters. The fourth-order valence-corrected chi connectivity index (χ4v) is 3.56. The summed E-state index contributed by atoms with van der Waals surface area (Å²) in [5.74, 6) is 0.287. The minimum Gasteiger partial charge on any atom is -0.462 e. The fourth-order valence-electron chi connectivity index (χ4n) is 3.15. The summed E-state index contributed by atoms with van der Waals surface area (Å²) >= 11 is 12.1. The van der Waals surface area contributed by atoms with Crippen molar-refractivity contribution in [3.63, 3.8) is 0 Å². The van der Waals surface area contributed by atoms with Gasteiger partial charge in [-0.25, -0.2) is 4.79 Å². The summed E-state index contributed by atoms with van der Waals surface area (Å²) in [6.07, 6.45) is 3.22. The summed E-state index contributed by atoms with van der Waals surface area (Å²) in [4.78, 5) is 32.4. The van der Waals surface area contributed by atoms with Crippen LogP contribution < -0.4 is 10.2 Å². The molecule has 2 aromatic rings. The monoisotopic (exact) mass is 412 g/mol. The van der Waals surface area contributed by atoms with Crippen LogP contribution in [0.15, 0.2) is 12.3 Å². The highest BCUT2D eigenvalue weighted by Crippen LogP contribution is 2.29. The van der Waals surface area contributed by atoms with E-state index >= 15 is 0 Å². The maximum absolute atomic E-state index is 12.4. The van der Waals surface area contributed by atoms with Crippen molar-refractivity contribution in [1.29, 1.82) is 0 Å². The minimum absolute atomic E-state index is 0.0479. The van der Waals surface area contributed by atoms with Crippen LogP contribution in [0.25, 0.3) is 0 Å². The largest absolute Gasteiger partial charge is 0.462 e. The molecular weight excluding hydrogens is 391 g/mol. The molecule has 1 amide bonds. The van der Waals surface area contributed by atoms with E-state index in [4.69, 9.17) is 27.9 Å². The van der Waals surface area contributed by atoms with Crippen molar-refractivity contribution in [2.45, 2.75) is 32.7 Å². The summed E-state index contributed by atoms with van der Waals surface area (Å²) in [7, 11) is 0. The van der Waals surface area contributed by atoms with E-state index < -0.39 is 0 Å². The fraction of sp³-hybridized carbons (Fsp3) is 0.444. The first-order valence-corrected chi connectivity index (χ1v) is 9.61. The summed E-state index contributed by atoms with van der Waals surface area (Å²) in [5.41, 5.74) is 1.48. The SMILES string of the molecule is CCOC(=O)c1c[nH]c(N2CCC(NC(=O)c3[nH]c(C)c(Cl)c3Cl)CC2)c1. The van der Waals surface area contributed by atoms with Crippen LogP contribution in [0.4, 0.5) is 5.82 Å². The number of rotatable bonds is 5. The number of nitrogens with one attached hydrogen (secondary N) is 3. The van der Waals surface area contributed by atoms with Crippen molar-refractivity contribution in [3.05, 3.63) is 39.3 Å². The van der Waals surface area contributed by atoms with Gasteiger partial charge in [-0.1, -0.05) is 23.2 Å². The zero-order chi connectivity index (χ0) is 19.6. The van der Waals surface area contributed by atoms with Crippen molar-refractivity contribution in [1.82, 2.24) is 15.3 Å². The van der Waals surface area contributed by atoms with E-state index in [9.17, 15) is 9.59 Å². The van der Waals surface area contributed by atoms with Gasteiger partial charge in [0.15, 0.2) is 0 Å². The van der Waals surface area contributed by atoms with Gasteiger partial charge in [-0.3, -0.25) is 4.79 Å². The second kappa shape index (κ2) is 8.27. The number of aromatic amines is 2. The molecule has 9 heteroatoms. The predicted octanol–water partition coefficient (Wildman–Crippen LogP) is 3.53. The van der Waals surface area contributed by atoms with E-state index in [1.807, 2.05) is 0 Å². The molecule has 3 heterocycles. The lowest BCUT2D eigenvalue weighted by Crippen LogP contribution is -2.45. The standard InChI is InChI=1S/C18H22Cl2N4O3/c1-3-27-18(26)11-8-13(21-9-11)24-6-4-12(5-7-24)23-17(25)16-15(20)14(19)10(2)22-16/h8-9,12,21-22H,3-7H2,1-2H3,(H,23,25). The predicted molar refractivity (Wildman–Crippen MR) is 105 cm³/mol. The molecule has 0 radical (unpaired) electrons. The second-order valence-electron chi connectivity index (χ2n) is 6.48. The van der Waals surface area contributed by atoms with Crippen molar-refractivity contribution < 1.29 is 14.3 Å². The number of ether oxygens (including phenoxy) is 1. The first kappa shape index (κ1) is 19.6. The quantitative estimate of drug-likeness (QED) is 0.655. The molecule has 7 nitrogen and oxygen atoms in total. The van der Waals surface area contributed by atoms with Crippen LogP contribution in [-0.2, 0) is 4.74 Å². The Bertz CT molecular complexity index is 838. The number of halogens is 2. The maximum Gasteiger partial charge on any atom is 0.339 e. The number of aryl methyl sites for hydroxylation is 1. The molecular formula is C18H22Cl2N4O3. The molecule has 3 rings (SSSR count). The van der Waals surface area contributed by atoms with E-state index in [-0.39, 0.29) is 22.9 Å². The third-order valence-corrected chi connectivity index (χ3v) is 5.58. The Labute approximate surface area is 167 Å². The average molecular weight is 413 g/mol. The van der Waals surface area contributed by atoms with E-state index in [2.05, 4.69) is 20.2 Å². The summed E-state index contributed by atoms with van der Waals surface area (Å²) in [6.45, 7) is 5.41. The normalized spacial score (nSPS) is 15.0. The lowest BCUT2D eigenvalue weighted by molar-refractivity contribution is 0.0526. The number of hydrogen-bond donors (Lipinski definition) is 3. The molecule has 0 aromatic carbocycles. The Hall–Kier alpha value is -2.12. The number of aromatic nitrogens is 2. The molecule has 3 N–H and O–H groups in total. The molecule has 0 spiro atoms. The van der Waals surface area contributed by atoms with Crippen LogP contribution >= 0.6 is 23.2 Å². The summed E-state index contributed by atoms with van der Waals surface area (Å²) < 4.78 is 5.00. The molecule has 0 aliphatic carbocycles. The second-order valence-corrected chi connectivity index (χ2v) is 7.24. The highest BCUT2D eigenvalue weighted by atomic mass is 35.5. The van der Waals surface area contributed by atoms with Gasteiger partial charge in [0, 0.05) is 31.0 Å². The number of carbonyl (C=O) groups excluding carboxylic acids is 2. The van der Waals surface area contributed by atoms with Gasteiger partial charge in [0.05, 0.1) is 22.2 Å². The number of hydrogen-bond acceptors (Lipinski definition) is 4. The van der Waals surface area contributed by atoms with Gasteiger partial charge in [0.25, 0.3) is 5.91 Å². The van der Waals surface area contributed by atoms with Gasteiger partial charge in [0.2, 0.25) is 0 Å². The summed E-state index contributed by atoms with van der Waals surface area (Å²) in [5, 5.41) is 3.63. The lowest BCUT2D eigenvalue weighted by atomic mass is 10.0. The zero-order valence-corrected chi connectivity index (χ0v) is 16.7. The minimum atomic E-state index is -0.334. The lowest BCUT2D eigenvalue weighted by Gasteiger charge is -2.33. The number of amides is 1. The first-order chi connectivity index (χ1) is 12.9. The van der Waals surface area contributed by atoms with Crippen molar-refractivity contribution in [2.75, 3.05) is 24.6 Å². The molecule has 0 saturated carbocycles. The van der Waals surface area contributed by atoms with Crippen LogP contribution in [0.1, 0.15) is 46.3 Å². The smallest absolute Gasteiger partial charge is 0.339 e. The Balaban J connectivity index is 1.55. The zero-order valence-electron chi connectivity index (χ0n) is 15.2. The molecule has 1 saturated heterocycles. The molecule has 27 heavy (non-hydrogen) atoms. The van der Waals surface area contributed by atoms with Crippen LogP contribution in [-0.4, -0.2) is 47.6 Å².